The van der Waals surface area contributed by atoms with Crippen molar-refractivity contribution in [1.29, 1.82) is 0 Å². The molecule has 30 heavy (non-hydrogen) atoms. The molecular weight excluding hydrogens is 395 g/mol. The number of nitrogens with zero attached hydrogens (tertiary/aromatic N) is 2. The van der Waals surface area contributed by atoms with Gasteiger partial charge in [0.1, 0.15) is 11.9 Å². The van der Waals surface area contributed by atoms with Crippen LogP contribution in [-0.2, 0) is 17.5 Å². The number of benzene rings is 2. The van der Waals surface area contributed by atoms with Gasteiger partial charge >= 0.3 is 6.18 Å². The second-order valence-electron chi connectivity index (χ2n) is 7.03. The molecule has 1 unspecified atom stereocenters. The van der Waals surface area contributed by atoms with Gasteiger partial charge in [-0.05, 0) is 50.2 Å². The van der Waals surface area contributed by atoms with Crippen molar-refractivity contribution in [3.05, 3.63) is 65.1 Å². The van der Waals surface area contributed by atoms with Crippen LogP contribution in [0.1, 0.15) is 25.1 Å². The molecule has 0 bridgehead atoms. The van der Waals surface area contributed by atoms with E-state index in [-0.39, 0.29) is 17.4 Å². The van der Waals surface area contributed by atoms with Crippen LogP contribution in [0.3, 0.4) is 0 Å². The zero-order valence-corrected chi connectivity index (χ0v) is 16.7. The van der Waals surface area contributed by atoms with E-state index in [1.807, 2.05) is 6.92 Å². The number of nitrogens with one attached hydrogen (secondary N) is 1. The normalized spacial score (nSPS) is 12.4. The summed E-state index contributed by atoms with van der Waals surface area (Å²) in [6.07, 6.45) is -4.95. The van der Waals surface area contributed by atoms with E-state index >= 15 is 0 Å². The smallest absolute Gasteiger partial charge is 0.408 e. The summed E-state index contributed by atoms with van der Waals surface area (Å²) in [5.41, 5.74) is 0.387. The second kappa shape index (κ2) is 8.11. The number of ether oxygens (including phenoxy) is 1. The fourth-order valence-electron chi connectivity index (χ4n) is 3.44. The number of carbonyl (C=O) groups is 1. The van der Waals surface area contributed by atoms with Crippen molar-refractivity contribution in [2.45, 2.75) is 39.6 Å². The zero-order chi connectivity index (χ0) is 22.1. The maximum Gasteiger partial charge on any atom is 0.408 e. The molecule has 1 aromatic heterocycles. The third kappa shape index (κ3) is 4.40. The van der Waals surface area contributed by atoms with Crippen LogP contribution in [0.2, 0.25) is 0 Å². The summed E-state index contributed by atoms with van der Waals surface area (Å²) in [7, 11) is 0. The highest BCUT2D eigenvalue weighted by atomic mass is 19.4. The summed E-state index contributed by atoms with van der Waals surface area (Å²) < 4.78 is 48.3. The van der Waals surface area contributed by atoms with E-state index in [0.717, 1.165) is 0 Å². The first-order chi connectivity index (χ1) is 14.1. The number of alkyl halides is 3. The number of aryl methyl sites for hydroxylation is 1. The van der Waals surface area contributed by atoms with E-state index in [2.05, 4.69) is 10.2 Å². The average Bonchev–Trinajstić information content (AvgIpc) is 2.96. The Morgan fingerprint density at radius 3 is 2.47 bits per heavy atom. The third-order valence-electron chi connectivity index (χ3n) is 4.63. The number of rotatable bonds is 5. The average molecular weight is 415 g/mol. The fraction of sp³-hybridized carbons (Fsp3) is 0.273. The van der Waals surface area contributed by atoms with Crippen LogP contribution in [-0.4, -0.2) is 16.6 Å². The lowest BCUT2D eigenvalue weighted by atomic mass is 10.1. The van der Waals surface area contributed by atoms with E-state index < -0.39 is 17.4 Å². The van der Waals surface area contributed by atoms with Gasteiger partial charge in [-0.2, -0.15) is 13.2 Å². The van der Waals surface area contributed by atoms with Crippen molar-refractivity contribution in [3.63, 3.8) is 0 Å². The van der Waals surface area contributed by atoms with Crippen molar-refractivity contribution < 1.29 is 22.7 Å². The molecule has 1 N–H and O–H groups in total. The van der Waals surface area contributed by atoms with Gasteiger partial charge in [-0.1, -0.05) is 6.07 Å². The number of anilines is 1. The summed E-state index contributed by atoms with van der Waals surface area (Å²) in [5, 5.41) is 2.68. The van der Waals surface area contributed by atoms with Crippen LogP contribution in [0.5, 0.6) is 5.75 Å². The highest BCUT2D eigenvalue weighted by molar-refractivity contribution is 5.90. The first-order valence-corrected chi connectivity index (χ1v) is 9.22. The van der Waals surface area contributed by atoms with Crippen LogP contribution in [0, 0.1) is 13.5 Å². The molecule has 1 amide bonds. The molecule has 2 aromatic carbocycles. The molecule has 5 nitrogen and oxygen atoms in total. The third-order valence-corrected chi connectivity index (χ3v) is 4.63. The molecule has 3 rings (SSSR count). The van der Waals surface area contributed by atoms with Gasteiger partial charge in [0.05, 0.1) is 18.7 Å². The van der Waals surface area contributed by atoms with E-state index in [4.69, 9.17) is 11.3 Å². The van der Waals surface area contributed by atoms with Crippen molar-refractivity contribution in [2.24, 2.45) is 0 Å². The number of hydrogen-bond donors (Lipinski definition) is 1. The minimum atomic E-state index is -4.62. The van der Waals surface area contributed by atoms with Crippen LogP contribution in [0.15, 0.2) is 42.5 Å². The Hall–Kier alpha value is -3.47. The molecule has 0 spiro atoms. The first kappa shape index (κ1) is 21.2. The van der Waals surface area contributed by atoms with Gasteiger partial charge in [0.25, 0.3) is 0 Å². The van der Waals surface area contributed by atoms with E-state index in [9.17, 15) is 18.0 Å². The Balaban J connectivity index is 1.86. The maximum absolute atomic E-state index is 13.6. The number of halogens is 3. The molecule has 0 aliphatic heterocycles. The number of fused-ring (bicyclic) bond motifs is 1. The lowest BCUT2D eigenvalue weighted by Crippen LogP contribution is -2.20. The molecule has 0 saturated heterocycles. The predicted octanol–water partition coefficient (Wildman–Crippen LogP) is 5.95. The first-order valence-electron chi connectivity index (χ1n) is 9.22. The Morgan fingerprint density at radius 1 is 1.23 bits per heavy atom. The monoisotopic (exact) mass is 415 g/mol. The Bertz CT molecular complexity index is 1130. The van der Waals surface area contributed by atoms with Crippen molar-refractivity contribution in [1.82, 2.24) is 4.57 Å². The van der Waals surface area contributed by atoms with Gasteiger partial charge in [-0.3, -0.25) is 4.79 Å². The summed E-state index contributed by atoms with van der Waals surface area (Å²) in [6.45, 7) is 12.4. The summed E-state index contributed by atoms with van der Waals surface area (Å²) in [4.78, 5) is 14.1. The molecule has 0 fully saturated rings. The molecule has 156 valence electrons. The molecule has 8 heteroatoms. The Kier molecular flexibility index (Phi) is 5.74. The quantitative estimate of drug-likeness (QED) is 0.524. The number of hydrogen-bond acceptors (Lipinski definition) is 2. The molecule has 0 aliphatic carbocycles. The minimum absolute atomic E-state index is 0.0142. The summed E-state index contributed by atoms with van der Waals surface area (Å²) >= 11 is 0. The van der Waals surface area contributed by atoms with Crippen LogP contribution in [0.25, 0.3) is 15.7 Å². The van der Waals surface area contributed by atoms with E-state index in [1.54, 1.807) is 41.8 Å². The van der Waals surface area contributed by atoms with Crippen LogP contribution < -0.4 is 10.1 Å². The second-order valence-corrected chi connectivity index (χ2v) is 7.03. The summed E-state index contributed by atoms with van der Waals surface area (Å²) in [5.74, 6) is 0.406. The van der Waals surface area contributed by atoms with Gasteiger partial charge in [-0.15, -0.1) is 0 Å². The largest absolute Gasteiger partial charge is 0.489 e. The van der Waals surface area contributed by atoms with Gasteiger partial charge in [0.2, 0.25) is 5.91 Å². The Labute approximate surface area is 171 Å². The topological polar surface area (TPSA) is 47.6 Å². The van der Waals surface area contributed by atoms with E-state index in [1.165, 1.54) is 19.1 Å². The van der Waals surface area contributed by atoms with Crippen LogP contribution >= 0.6 is 0 Å². The molecule has 0 radical (unpaired) electrons. The van der Waals surface area contributed by atoms with Gasteiger partial charge in [0.15, 0.2) is 5.69 Å². The fourth-order valence-corrected chi connectivity index (χ4v) is 3.44. The predicted molar refractivity (Wildman–Crippen MR) is 109 cm³/mol. The van der Waals surface area contributed by atoms with Gasteiger partial charge in [0, 0.05) is 29.2 Å². The van der Waals surface area contributed by atoms with Crippen LogP contribution in [0.4, 0.5) is 24.5 Å². The van der Waals surface area contributed by atoms with E-state index in [0.29, 0.717) is 29.2 Å². The molecule has 1 atom stereocenters. The summed E-state index contributed by atoms with van der Waals surface area (Å²) in [6, 6.07) is 11.1. The SMILES string of the molecule is [C-]#[N+]c1ccc2c(cc(C)n2CC(C)Oc2ccc(NC(C)=O)cc2)c1C(F)(F)F. The highest BCUT2D eigenvalue weighted by Crippen LogP contribution is 2.42. The molecular formula is C22H20F3N3O2. The highest BCUT2D eigenvalue weighted by Gasteiger charge is 2.36. The lowest BCUT2D eigenvalue weighted by molar-refractivity contribution is -0.135. The van der Waals surface area contributed by atoms with Crippen molar-refractivity contribution in [3.8, 4) is 5.75 Å². The number of amides is 1. The molecule has 0 aliphatic rings. The zero-order valence-electron chi connectivity index (χ0n) is 16.7. The van der Waals surface area contributed by atoms with Crippen molar-refractivity contribution in [2.75, 3.05) is 5.32 Å². The number of aromatic nitrogens is 1. The minimum Gasteiger partial charge on any atom is -0.489 e. The maximum atomic E-state index is 13.6. The number of carbonyl (C=O) groups excluding carboxylic acids is 1. The standard InChI is InChI=1S/C22H20F3N3O2/c1-13-11-18-20(10-9-19(26-4)21(18)22(23,24)25)28(13)12-14(2)30-17-7-5-16(6-8-17)27-15(3)29/h5-11,14H,12H2,1-3H3,(H,27,29). The Morgan fingerprint density at radius 2 is 1.90 bits per heavy atom. The van der Waals surface area contributed by atoms with Crippen molar-refractivity contribution >= 4 is 28.2 Å². The molecule has 3 aromatic rings. The van der Waals surface area contributed by atoms with Gasteiger partial charge < -0.3 is 14.6 Å². The lowest BCUT2D eigenvalue weighted by Gasteiger charge is -2.18. The van der Waals surface area contributed by atoms with Gasteiger partial charge in [-0.25, -0.2) is 4.85 Å². The molecule has 1 heterocycles. The molecule has 0 saturated carbocycles.